The third-order valence-electron chi connectivity index (χ3n) is 4.28. The van der Waals surface area contributed by atoms with E-state index >= 15 is 0 Å². The number of nitrogens with zero attached hydrogens (tertiary/aromatic N) is 4. The number of hydrogen-bond acceptors (Lipinski definition) is 9. The molecule has 0 saturated heterocycles. The van der Waals surface area contributed by atoms with Crippen molar-refractivity contribution in [1.82, 2.24) is 19.9 Å². The second-order valence-electron chi connectivity index (χ2n) is 7.63. The molecule has 0 radical (unpaired) electrons. The first kappa shape index (κ1) is 23.7. The van der Waals surface area contributed by atoms with Gasteiger partial charge in [-0.05, 0) is 24.3 Å². The van der Waals surface area contributed by atoms with Gasteiger partial charge in [-0.1, -0.05) is 26.8 Å². The molecule has 0 saturated carbocycles. The smallest absolute Gasteiger partial charge is 0.241 e. The summed E-state index contributed by atoms with van der Waals surface area (Å²) >= 11 is 0. The Bertz CT molecular complexity index is 938. The number of rotatable bonds is 11. The first-order valence-corrected chi connectivity index (χ1v) is 11.6. The maximum Gasteiger partial charge on any atom is 0.241 e. The molecule has 2 unspecified atom stereocenters. The summed E-state index contributed by atoms with van der Waals surface area (Å²) in [5.41, 5.74) is 0.889. The topological polar surface area (TPSA) is 139 Å². The van der Waals surface area contributed by atoms with E-state index in [-0.39, 0.29) is 30.5 Å². The second kappa shape index (κ2) is 10.5. The number of anilines is 2. The zero-order valence-corrected chi connectivity index (χ0v) is 18.8. The molecule has 3 N–H and O–H groups in total. The molecule has 0 fully saturated rings. The van der Waals surface area contributed by atoms with Gasteiger partial charge in [0.2, 0.25) is 27.8 Å². The first-order valence-electron chi connectivity index (χ1n) is 9.70. The summed E-state index contributed by atoms with van der Waals surface area (Å²) in [6.45, 7) is 5.97. The lowest BCUT2D eigenvalue weighted by atomic mass is 9.98. The number of methoxy groups -OCH3 is 1. The molecule has 0 bridgehead atoms. The van der Waals surface area contributed by atoms with E-state index in [1.807, 2.05) is 32.9 Å². The van der Waals surface area contributed by atoms with Gasteiger partial charge in [0.05, 0.1) is 26.0 Å². The monoisotopic (exact) mass is 438 g/mol. The van der Waals surface area contributed by atoms with Crippen LogP contribution in [0.4, 0.5) is 11.9 Å². The average molecular weight is 439 g/mol. The van der Waals surface area contributed by atoms with E-state index in [1.54, 1.807) is 13.3 Å². The minimum absolute atomic E-state index is 0.0423. The molecule has 2 rings (SSSR count). The standard InChI is InChI=1S/C19H30N6O4S/c1-12(2)9-14(11-26)21-18-22-16(23-19(24-18)25-30(5,27)28)10-13(3)15-7-6-8-20-17(15)29-4/h6-8,12-14,26H,9-11H2,1-5H3,(H2,21,22,23,24,25). The predicted molar refractivity (Wildman–Crippen MR) is 115 cm³/mol. The van der Waals surface area contributed by atoms with Gasteiger partial charge in [0.1, 0.15) is 5.82 Å². The third kappa shape index (κ3) is 7.38. The molecular weight excluding hydrogens is 408 g/mol. The SMILES string of the molecule is COc1ncccc1C(C)Cc1nc(NC(CO)CC(C)C)nc(NS(C)(=O)=O)n1. The van der Waals surface area contributed by atoms with Crippen molar-refractivity contribution in [1.29, 1.82) is 0 Å². The largest absolute Gasteiger partial charge is 0.481 e. The summed E-state index contributed by atoms with van der Waals surface area (Å²) in [5.74, 6) is 1.36. The van der Waals surface area contributed by atoms with E-state index in [4.69, 9.17) is 4.74 Å². The van der Waals surface area contributed by atoms with Crippen molar-refractivity contribution < 1.29 is 18.3 Å². The van der Waals surface area contributed by atoms with Crippen LogP contribution in [0.1, 0.15) is 44.5 Å². The number of nitrogens with one attached hydrogen (secondary N) is 2. The molecule has 0 aliphatic carbocycles. The maximum atomic E-state index is 11.7. The lowest BCUT2D eigenvalue weighted by Gasteiger charge is -2.19. The van der Waals surface area contributed by atoms with Gasteiger partial charge in [-0.3, -0.25) is 4.72 Å². The highest BCUT2D eigenvalue weighted by Crippen LogP contribution is 2.26. The highest BCUT2D eigenvalue weighted by atomic mass is 32.2. The maximum absolute atomic E-state index is 11.7. The molecule has 0 aromatic carbocycles. The quantitative estimate of drug-likeness (QED) is 0.479. The number of sulfonamides is 1. The number of aromatic nitrogens is 4. The summed E-state index contributed by atoms with van der Waals surface area (Å²) in [7, 11) is -2.01. The fourth-order valence-corrected chi connectivity index (χ4v) is 3.47. The molecule has 11 heteroatoms. The molecule has 2 atom stereocenters. The minimum atomic E-state index is -3.56. The van der Waals surface area contributed by atoms with Crippen LogP contribution in [0.25, 0.3) is 0 Å². The van der Waals surface area contributed by atoms with E-state index in [9.17, 15) is 13.5 Å². The van der Waals surface area contributed by atoms with Gasteiger partial charge in [-0.25, -0.2) is 13.4 Å². The number of ether oxygens (including phenoxy) is 1. The van der Waals surface area contributed by atoms with Gasteiger partial charge < -0.3 is 15.2 Å². The van der Waals surface area contributed by atoms with Crippen LogP contribution in [0.3, 0.4) is 0 Å². The minimum Gasteiger partial charge on any atom is -0.481 e. The molecule has 2 aromatic heterocycles. The van der Waals surface area contributed by atoms with Crippen LogP contribution in [-0.2, 0) is 16.4 Å². The highest BCUT2D eigenvalue weighted by molar-refractivity contribution is 7.91. The molecule has 0 aliphatic heterocycles. The first-order chi connectivity index (χ1) is 14.1. The van der Waals surface area contributed by atoms with Gasteiger partial charge in [0, 0.05) is 18.2 Å². The van der Waals surface area contributed by atoms with Gasteiger partial charge >= 0.3 is 0 Å². The average Bonchev–Trinajstić information content (AvgIpc) is 2.65. The molecule has 0 spiro atoms. The van der Waals surface area contributed by atoms with E-state index in [0.717, 1.165) is 11.8 Å². The fourth-order valence-electron chi connectivity index (χ4n) is 3.05. The predicted octanol–water partition coefficient (Wildman–Crippen LogP) is 1.81. The van der Waals surface area contributed by atoms with Gasteiger partial charge in [0.25, 0.3) is 0 Å². The van der Waals surface area contributed by atoms with Gasteiger partial charge in [-0.2, -0.15) is 15.0 Å². The summed E-state index contributed by atoms with van der Waals surface area (Å²) < 4.78 is 31.0. The zero-order chi connectivity index (χ0) is 22.3. The zero-order valence-electron chi connectivity index (χ0n) is 18.0. The Morgan fingerprint density at radius 3 is 2.47 bits per heavy atom. The molecular formula is C19H30N6O4S. The summed E-state index contributed by atoms with van der Waals surface area (Å²) in [4.78, 5) is 17.1. The van der Waals surface area contributed by atoms with Crippen molar-refractivity contribution in [2.45, 2.75) is 45.6 Å². The molecule has 166 valence electrons. The van der Waals surface area contributed by atoms with Crippen LogP contribution in [0.15, 0.2) is 18.3 Å². The lowest BCUT2D eigenvalue weighted by Crippen LogP contribution is -2.27. The molecule has 0 amide bonds. The lowest BCUT2D eigenvalue weighted by molar-refractivity contribution is 0.259. The Kier molecular flexibility index (Phi) is 8.30. The van der Waals surface area contributed by atoms with Gasteiger partial charge in [-0.15, -0.1) is 0 Å². The van der Waals surface area contributed by atoms with Crippen molar-refractivity contribution in [3.05, 3.63) is 29.7 Å². The van der Waals surface area contributed by atoms with E-state index in [1.165, 1.54) is 0 Å². The number of aliphatic hydroxyl groups excluding tert-OH is 1. The molecule has 0 aliphatic rings. The van der Waals surface area contributed by atoms with E-state index in [2.05, 4.69) is 30.0 Å². The number of hydrogen-bond donors (Lipinski definition) is 3. The molecule has 10 nitrogen and oxygen atoms in total. The van der Waals surface area contributed by atoms with Crippen LogP contribution in [0.2, 0.25) is 0 Å². The summed E-state index contributed by atoms with van der Waals surface area (Å²) in [6.07, 6.45) is 3.79. The van der Waals surface area contributed by atoms with Gasteiger partial charge in [0.15, 0.2) is 0 Å². The molecule has 2 heterocycles. The normalized spacial score (nSPS) is 13.7. The van der Waals surface area contributed by atoms with Crippen molar-refractivity contribution in [2.75, 3.05) is 30.0 Å². The Hall–Kier alpha value is -2.53. The van der Waals surface area contributed by atoms with Crippen molar-refractivity contribution in [3.63, 3.8) is 0 Å². The molecule has 30 heavy (non-hydrogen) atoms. The fraction of sp³-hybridized carbons (Fsp3) is 0.579. The third-order valence-corrected chi connectivity index (χ3v) is 4.83. The Morgan fingerprint density at radius 1 is 1.17 bits per heavy atom. The summed E-state index contributed by atoms with van der Waals surface area (Å²) in [5, 5.41) is 12.7. The Labute approximate surface area is 177 Å². The Balaban J connectivity index is 2.33. The molecule has 2 aromatic rings. The highest BCUT2D eigenvalue weighted by Gasteiger charge is 2.18. The van der Waals surface area contributed by atoms with E-state index in [0.29, 0.717) is 30.5 Å². The van der Waals surface area contributed by atoms with Crippen LogP contribution in [0, 0.1) is 5.92 Å². The van der Waals surface area contributed by atoms with Crippen LogP contribution in [-0.4, -0.2) is 59.5 Å². The summed E-state index contributed by atoms with van der Waals surface area (Å²) in [6, 6.07) is 3.47. The number of aliphatic hydroxyl groups is 1. The Morgan fingerprint density at radius 2 is 1.87 bits per heavy atom. The second-order valence-corrected chi connectivity index (χ2v) is 9.38. The van der Waals surface area contributed by atoms with Crippen molar-refractivity contribution in [2.24, 2.45) is 5.92 Å². The van der Waals surface area contributed by atoms with Crippen molar-refractivity contribution in [3.8, 4) is 5.88 Å². The number of pyridine rings is 1. The van der Waals surface area contributed by atoms with Crippen LogP contribution >= 0.6 is 0 Å². The van der Waals surface area contributed by atoms with Crippen LogP contribution in [0.5, 0.6) is 5.88 Å². The van der Waals surface area contributed by atoms with Crippen LogP contribution < -0.4 is 14.8 Å². The van der Waals surface area contributed by atoms with Crippen molar-refractivity contribution >= 4 is 21.9 Å². The van der Waals surface area contributed by atoms with E-state index < -0.39 is 10.0 Å².